The van der Waals surface area contributed by atoms with E-state index in [9.17, 15) is 5.11 Å². The maximum absolute atomic E-state index is 9.65. The maximum Gasteiger partial charge on any atom is 0.125 e. The standard InChI is InChI=1S/C16H17BrO3/c1-12(18)15-7-2-3-8-16(15)20-10-9-19-14-6-4-5-13(17)11-14/h2-8,11-12,18H,9-10H2,1H3/t12-/m1/s1. The van der Waals surface area contributed by atoms with Gasteiger partial charge in [-0.1, -0.05) is 40.2 Å². The average molecular weight is 337 g/mol. The zero-order chi connectivity index (χ0) is 14.4. The Labute approximate surface area is 127 Å². The number of aliphatic hydroxyl groups is 1. The van der Waals surface area contributed by atoms with Gasteiger partial charge >= 0.3 is 0 Å². The van der Waals surface area contributed by atoms with E-state index in [0.717, 1.165) is 15.8 Å². The number of hydrogen-bond donors (Lipinski definition) is 1. The minimum absolute atomic E-state index is 0.427. The van der Waals surface area contributed by atoms with Crippen LogP contribution in [0.1, 0.15) is 18.6 Å². The van der Waals surface area contributed by atoms with Crippen LogP contribution < -0.4 is 9.47 Å². The van der Waals surface area contributed by atoms with E-state index >= 15 is 0 Å². The van der Waals surface area contributed by atoms with Crippen molar-refractivity contribution in [2.75, 3.05) is 13.2 Å². The van der Waals surface area contributed by atoms with Gasteiger partial charge in [-0.25, -0.2) is 0 Å². The summed E-state index contributed by atoms with van der Waals surface area (Å²) in [5.74, 6) is 1.49. The SMILES string of the molecule is C[C@@H](O)c1ccccc1OCCOc1cccc(Br)c1. The van der Waals surface area contributed by atoms with Gasteiger partial charge in [0.25, 0.3) is 0 Å². The van der Waals surface area contributed by atoms with Crippen molar-refractivity contribution in [3.8, 4) is 11.5 Å². The Balaban J connectivity index is 1.84. The lowest BCUT2D eigenvalue weighted by molar-refractivity contribution is 0.182. The highest BCUT2D eigenvalue weighted by molar-refractivity contribution is 9.10. The van der Waals surface area contributed by atoms with E-state index in [1.165, 1.54) is 0 Å². The van der Waals surface area contributed by atoms with Crippen LogP contribution >= 0.6 is 15.9 Å². The van der Waals surface area contributed by atoms with Crippen molar-refractivity contribution in [2.24, 2.45) is 0 Å². The Hall–Kier alpha value is -1.52. The van der Waals surface area contributed by atoms with Gasteiger partial charge in [-0.05, 0) is 31.2 Å². The molecule has 0 aromatic heterocycles. The molecule has 3 nitrogen and oxygen atoms in total. The lowest BCUT2D eigenvalue weighted by atomic mass is 10.1. The van der Waals surface area contributed by atoms with Crippen LogP contribution in [0.5, 0.6) is 11.5 Å². The molecule has 0 fully saturated rings. The van der Waals surface area contributed by atoms with E-state index in [0.29, 0.717) is 19.0 Å². The summed E-state index contributed by atoms with van der Waals surface area (Å²) < 4.78 is 12.2. The third kappa shape index (κ3) is 4.25. The third-order valence-corrected chi connectivity index (χ3v) is 3.27. The van der Waals surface area contributed by atoms with E-state index < -0.39 is 6.10 Å². The molecular formula is C16H17BrO3. The van der Waals surface area contributed by atoms with Crippen molar-refractivity contribution in [2.45, 2.75) is 13.0 Å². The molecular weight excluding hydrogens is 320 g/mol. The van der Waals surface area contributed by atoms with Crippen LogP contribution in [-0.4, -0.2) is 18.3 Å². The van der Waals surface area contributed by atoms with Gasteiger partial charge in [0, 0.05) is 10.0 Å². The predicted octanol–water partition coefficient (Wildman–Crippen LogP) is 3.96. The summed E-state index contributed by atoms with van der Waals surface area (Å²) >= 11 is 3.39. The minimum Gasteiger partial charge on any atom is -0.490 e. The van der Waals surface area contributed by atoms with Crippen molar-refractivity contribution in [1.82, 2.24) is 0 Å². The number of para-hydroxylation sites is 1. The normalized spacial score (nSPS) is 11.9. The predicted molar refractivity (Wildman–Crippen MR) is 82.2 cm³/mol. The molecule has 0 amide bonds. The molecule has 1 N–H and O–H groups in total. The van der Waals surface area contributed by atoms with Crippen LogP contribution in [0.4, 0.5) is 0 Å². The molecule has 106 valence electrons. The monoisotopic (exact) mass is 336 g/mol. The van der Waals surface area contributed by atoms with Crippen molar-refractivity contribution in [3.63, 3.8) is 0 Å². The van der Waals surface area contributed by atoms with Gasteiger partial charge in [-0.15, -0.1) is 0 Å². The number of ether oxygens (including phenoxy) is 2. The van der Waals surface area contributed by atoms with Gasteiger partial charge in [0.2, 0.25) is 0 Å². The minimum atomic E-state index is -0.544. The largest absolute Gasteiger partial charge is 0.490 e. The molecule has 0 saturated heterocycles. The number of halogens is 1. The Morgan fingerprint density at radius 1 is 1.05 bits per heavy atom. The number of rotatable bonds is 6. The summed E-state index contributed by atoms with van der Waals surface area (Å²) in [6, 6.07) is 15.1. The molecule has 0 saturated carbocycles. The molecule has 0 heterocycles. The molecule has 0 unspecified atom stereocenters. The quantitative estimate of drug-likeness (QED) is 0.811. The summed E-state index contributed by atoms with van der Waals surface area (Å²) in [6.07, 6.45) is -0.544. The molecule has 2 rings (SSSR count). The Morgan fingerprint density at radius 3 is 2.55 bits per heavy atom. The lowest BCUT2D eigenvalue weighted by Crippen LogP contribution is -2.10. The zero-order valence-electron chi connectivity index (χ0n) is 11.3. The Kier molecular flexibility index (Phi) is 5.44. The van der Waals surface area contributed by atoms with Crippen LogP contribution in [0.25, 0.3) is 0 Å². The lowest BCUT2D eigenvalue weighted by Gasteiger charge is -2.13. The molecule has 2 aromatic rings. The molecule has 4 heteroatoms. The fourth-order valence-corrected chi connectivity index (χ4v) is 2.20. The molecule has 0 aliphatic rings. The van der Waals surface area contributed by atoms with Gasteiger partial charge in [0.15, 0.2) is 0 Å². The average Bonchev–Trinajstić information content (AvgIpc) is 2.44. The summed E-state index contributed by atoms with van der Waals surface area (Å²) in [5.41, 5.74) is 0.787. The molecule has 20 heavy (non-hydrogen) atoms. The number of hydrogen-bond acceptors (Lipinski definition) is 3. The van der Waals surface area contributed by atoms with Crippen LogP contribution in [0.3, 0.4) is 0 Å². The van der Waals surface area contributed by atoms with Crippen molar-refractivity contribution >= 4 is 15.9 Å². The summed E-state index contributed by atoms with van der Waals surface area (Å²) in [5, 5.41) is 9.65. The van der Waals surface area contributed by atoms with Crippen LogP contribution in [-0.2, 0) is 0 Å². The summed E-state index contributed by atoms with van der Waals surface area (Å²) in [6.45, 7) is 2.60. The molecule has 0 bridgehead atoms. The van der Waals surface area contributed by atoms with E-state index in [-0.39, 0.29) is 0 Å². The van der Waals surface area contributed by atoms with Gasteiger partial charge in [-0.2, -0.15) is 0 Å². The first-order valence-electron chi connectivity index (χ1n) is 6.45. The third-order valence-electron chi connectivity index (χ3n) is 2.77. The fraction of sp³-hybridized carbons (Fsp3) is 0.250. The first-order valence-corrected chi connectivity index (χ1v) is 7.24. The van der Waals surface area contributed by atoms with Gasteiger partial charge in [0.1, 0.15) is 24.7 Å². The molecule has 1 atom stereocenters. The molecule has 0 aliphatic carbocycles. The van der Waals surface area contributed by atoms with Crippen LogP contribution in [0.2, 0.25) is 0 Å². The van der Waals surface area contributed by atoms with Crippen molar-refractivity contribution in [1.29, 1.82) is 0 Å². The van der Waals surface area contributed by atoms with E-state index in [1.807, 2.05) is 48.5 Å². The molecule has 0 aliphatic heterocycles. The van der Waals surface area contributed by atoms with Crippen molar-refractivity contribution in [3.05, 3.63) is 58.6 Å². The summed E-state index contributed by atoms with van der Waals surface area (Å²) in [4.78, 5) is 0. The second kappa shape index (κ2) is 7.31. The van der Waals surface area contributed by atoms with Crippen LogP contribution in [0.15, 0.2) is 53.0 Å². The molecule has 2 aromatic carbocycles. The second-order valence-electron chi connectivity index (χ2n) is 4.37. The molecule has 0 radical (unpaired) electrons. The first kappa shape index (κ1) is 14.9. The molecule has 0 spiro atoms. The van der Waals surface area contributed by atoms with E-state index in [2.05, 4.69) is 15.9 Å². The fourth-order valence-electron chi connectivity index (χ4n) is 1.83. The highest BCUT2D eigenvalue weighted by Crippen LogP contribution is 2.24. The van der Waals surface area contributed by atoms with Crippen molar-refractivity contribution < 1.29 is 14.6 Å². The van der Waals surface area contributed by atoms with Gasteiger partial charge < -0.3 is 14.6 Å². The smallest absolute Gasteiger partial charge is 0.125 e. The Bertz CT molecular complexity index is 555. The van der Waals surface area contributed by atoms with Gasteiger partial charge in [-0.3, -0.25) is 0 Å². The van der Waals surface area contributed by atoms with E-state index in [1.54, 1.807) is 6.92 Å². The first-order chi connectivity index (χ1) is 9.66. The zero-order valence-corrected chi connectivity index (χ0v) is 12.8. The number of benzene rings is 2. The Morgan fingerprint density at radius 2 is 1.80 bits per heavy atom. The van der Waals surface area contributed by atoms with Gasteiger partial charge in [0.05, 0.1) is 6.10 Å². The maximum atomic E-state index is 9.65. The highest BCUT2D eigenvalue weighted by atomic mass is 79.9. The van der Waals surface area contributed by atoms with E-state index in [4.69, 9.17) is 9.47 Å². The second-order valence-corrected chi connectivity index (χ2v) is 5.28. The number of aliphatic hydroxyl groups excluding tert-OH is 1. The highest BCUT2D eigenvalue weighted by Gasteiger charge is 2.07. The van der Waals surface area contributed by atoms with Crippen LogP contribution in [0, 0.1) is 0 Å². The topological polar surface area (TPSA) is 38.7 Å². The summed E-state index contributed by atoms with van der Waals surface area (Å²) in [7, 11) is 0.